The number of carbonyl (C=O) groups is 1. The van der Waals surface area contributed by atoms with Gasteiger partial charge in [0.2, 0.25) is 0 Å². The fourth-order valence-electron chi connectivity index (χ4n) is 5.20. The van der Waals surface area contributed by atoms with Gasteiger partial charge in [0.25, 0.3) is 0 Å². The molecule has 1 aliphatic carbocycles. The van der Waals surface area contributed by atoms with Crippen molar-refractivity contribution in [1.29, 1.82) is 0 Å². The number of hydrogen-bond donors (Lipinski definition) is 2. The number of nitrogens with one attached hydrogen (secondary N) is 1. The Morgan fingerprint density at radius 2 is 2.00 bits per heavy atom. The first-order chi connectivity index (χ1) is 15.1. The minimum Gasteiger partial charge on any atom is -0.491 e. The number of alkyl halides is 1. The quantitative estimate of drug-likeness (QED) is 0.625. The smallest absolute Gasteiger partial charge is 0.335 e. The molecule has 1 aromatic heterocycles. The summed E-state index contributed by atoms with van der Waals surface area (Å²) < 4.78 is 23.6. The van der Waals surface area contributed by atoms with Crippen LogP contribution in [0.2, 0.25) is 0 Å². The number of carboxylic acid groups (broad SMARTS) is 1. The van der Waals surface area contributed by atoms with Gasteiger partial charge in [0.1, 0.15) is 18.5 Å². The number of ether oxygens (including phenoxy) is 1. The van der Waals surface area contributed by atoms with Gasteiger partial charge in [0, 0.05) is 28.9 Å². The van der Waals surface area contributed by atoms with Crippen molar-refractivity contribution < 1.29 is 19.0 Å². The van der Waals surface area contributed by atoms with Gasteiger partial charge in [-0.25, -0.2) is 9.18 Å². The predicted molar refractivity (Wildman–Crippen MR) is 119 cm³/mol. The highest BCUT2D eigenvalue weighted by Gasteiger charge is 2.34. The van der Waals surface area contributed by atoms with E-state index < -0.39 is 12.1 Å². The average molecular weight is 423 g/mol. The highest BCUT2D eigenvalue weighted by Crippen LogP contribution is 2.47. The maximum absolute atomic E-state index is 15.3. The molecule has 0 saturated heterocycles. The fourth-order valence-corrected chi connectivity index (χ4v) is 5.20. The van der Waals surface area contributed by atoms with E-state index in [1.54, 1.807) is 12.1 Å². The zero-order valence-corrected chi connectivity index (χ0v) is 17.6. The molecular weight excluding hydrogens is 395 g/mol. The molecule has 3 aromatic rings. The summed E-state index contributed by atoms with van der Waals surface area (Å²) >= 11 is 0. The van der Waals surface area contributed by atoms with E-state index in [-0.39, 0.29) is 17.5 Å². The van der Waals surface area contributed by atoms with Gasteiger partial charge in [0.05, 0.1) is 17.3 Å². The maximum Gasteiger partial charge on any atom is 0.335 e. The number of halogens is 1. The molecule has 162 valence electrons. The lowest BCUT2D eigenvalue weighted by molar-refractivity contribution is 0.0697. The Labute approximate surface area is 180 Å². The second-order valence-corrected chi connectivity index (χ2v) is 8.61. The van der Waals surface area contributed by atoms with Gasteiger partial charge in [-0.2, -0.15) is 0 Å². The Morgan fingerprint density at radius 1 is 1.19 bits per heavy atom. The van der Waals surface area contributed by atoms with Gasteiger partial charge in [-0.3, -0.25) is 0 Å². The number of likely N-dealkylation sites (N-methyl/N-ethyl adjacent to an activating group) is 1. The second kappa shape index (κ2) is 8.00. The molecule has 2 aliphatic rings. The van der Waals surface area contributed by atoms with Crippen molar-refractivity contribution in [3.63, 3.8) is 0 Å². The number of hydrogen-bond acceptors (Lipinski definition) is 3. The van der Waals surface area contributed by atoms with Crippen molar-refractivity contribution in [3.8, 4) is 17.0 Å². The summed E-state index contributed by atoms with van der Waals surface area (Å²) in [5.41, 5.74) is 3.99. The average Bonchev–Trinajstić information content (AvgIpc) is 3.08. The van der Waals surface area contributed by atoms with Crippen LogP contribution in [0, 0.1) is 0 Å². The Hall–Kier alpha value is -2.86. The minimum absolute atomic E-state index is 0.0385. The van der Waals surface area contributed by atoms with Gasteiger partial charge in [-0.15, -0.1) is 0 Å². The molecular formula is C25H27FN2O3. The minimum atomic E-state index is -0.959. The van der Waals surface area contributed by atoms with Gasteiger partial charge >= 0.3 is 5.97 Å². The third-order valence-electron chi connectivity index (χ3n) is 6.80. The Morgan fingerprint density at radius 3 is 2.77 bits per heavy atom. The van der Waals surface area contributed by atoms with Crippen LogP contribution in [-0.2, 0) is 6.54 Å². The van der Waals surface area contributed by atoms with E-state index in [0.29, 0.717) is 19.6 Å². The second-order valence-electron chi connectivity index (χ2n) is 8.61. The van der Waals surface area contributed by atoms with Crippen molar-refractivity contribution in [2.45, 2.75) is 50.4 Å². The number of fused-ring (bicyclic) bond motifs is 5. The third kappa shape index (κ3) is 3.39. The van der Waals surface area contributed by atoms with Gasteiger partial charge in [-0.05, 0) is 49.7 Å². The van der Waals surface area contributed by atoms with Crippen molar-refractivity contribution in [3.05, 3.63) is 53.6 Å². The largest absolute Gasteiger partial charge is 0.491 e. The lowest BCUT2D eigenvalue weighted by Crippen LogP contribution is -2.37. The number of para-hydroxylation sites is 1. The molecule has 0 amide bonds. The number of nitrogens with zero attached hydrogens (tertiary/aromatic N) is 1. The maximum atomic E-state index is 15.3. The van der Waals surface area contributed by atoms with E-state index in [4.69, 9.17) is 4.74 Å². The summed E-state index contributed by atoms with van der Waals surface area (Å²) in [6, 6.07) is 13.2. The topological polar surface area (TPSA) is 63.5 Å². The van der Waals surface area contributed by atoms with Gasteiger partial charge < -0.3 is 19.7 Å². The number of benzene rings is 2. The number of rotatable bonds is 3. The summed E-state index contributed by atoms with van der Waals surface area (Å²) in [6.07, 6.45) is 2.38. The monoisotopic (exact) mass is 422 g/mol. The van der Waals surface area contributed by atoms with E-state index in [1.165, 1.54) is 0 Å². The van der Waals surface area contributed by atoms with Crippen LogP contribution in [-0.4, -0.2) is 41.5 Å². The first-order valence-corrected chi connectivity index (χ1v) is 11.0. The van der Waals surface area contributed by atoms with Crippen LogP contribution in [0.1, 0.15) is 47.5 Å². The molecule has 31 heavy (non-hydrogen) atoms. The molecule has 2 N–H and O–H groups in total. The molecule has 2 aromatic carbocycles. The van der Waals surface area contributed by atoms with E-state index in [2.05, 4.69) is 9.88 Å². The molecule has 3 atom stereocenters. The molecule has 5 rings (SSSR count). The summed E-state index contributed by atoms with van der Waals surface area (Å²) in [4.78, 5) is 11.7. The molecule has 0 radical (unpaired) electrons. The number of aromatic nitrogens is 1. The summed E-state index contributed by atoms with van der Waals surface area (Å²) in [5, 5.41) is 13.9. The van der Waals surface area contributed by atoms with Crippen molar-refractivity contribution in [2.24, 2.45) is 0 Å². The summed E-state index contributed by atoms with van der Waals surface area (Å²) in [6.45, 7) is 1.11. The van der Waals surface area contributed by atoms with Crippen molar-refractivity contribution in [1.82, 2.24) is 9.88 Å². The third-order valence-corrected chi connectivity index (χ3v) is 6.80. The first-order valence-electron chi connectivity index (χ1n) is 11.0. The van der Waals surface area contributed by atoms with Crippen LogP contribution in [0.15, 0.2) is 42.5 Å². The Balaban J connectivity index is 1.86. The normalized spacial score (nSPS) is 23.4. The van der Waals surface area contributed by atoms with Crippen LogP contribution in [0.3, 0.4) is 0 Å². The first kappa shape index (κ1) is 20.1. The van der Waals surface area contributed by atoms with Crippen LogP contribution < -0.4 is 10.1 Å². The Kier molecular flexibility index (Phi) is 5.18. The van der Waals surface area contributed by atoms with Crippen molar-refractivity contribution >= 4 is 16.9 Å². The van der Waals surface area contributed by atoms with Crippen LogP contribution in [0.4, 0.5) is 4.39 Å². The molecule has 0 bridgehead atoms. The van der Waals surface area contributed by atoms with E-state index >= 15 is 4.39 Å². The zero-order valence-electron chi connectivity index (χ0n) is 17.6. The SMILES string of the molecule is CN[C@H]1COc2ccccc2-c2c([C@H]3CCCC[C@@H]3F)c3ccc(C(=O)O)cc3n2C1. The zero-order chi connectivity index (χ0) is 21.5. The molecule has 5 nitrogen and oxygen atoms in total. The molecule has 1 fully saturated rings. The Bertz CT molecular complexity index is 1140. The molecule has 0 spiro atoms. The molecule has 1 aliphatic heterocycles. The predicted octanol–water partition coefficient (Wildman–Crippen LogP) is 4.98. The molecule has 2 heterocycles. The lowest BCUT2D eigenvalue weighted by Gasteiger charge is -2.29. The van der Waals surface area contributed by atoms with Gasteiger partial charge in [-0.1, -0.05) is 31.0 Å². The van der Waals surface area contributed by atoms with Crippen LogP contribution in [0.25, 0.3) is 22.2 Å². The highest BCUT2D eigenvalue weighted by molar-refractivity contribution is 5.98. The molecule has 0 unspecified atom stereocenters. The number of carboxylic acids is 1. The number of aromatic carboxylic acids is 1. The van der Waals surface area contributed by atoms with Crippen LogP contribution in [0.5, 0.6) is 5.75 Å². The van der Waals surface area contributed by atoms with Crippen LogP contribution >= 0.6 is 0 Å². The summed E-state index contributed by atoms with van der Waals surface area (Å²) in [7, 11) is 1.90. The summed E-state index contributed by atoms with van der Waals surface area (Å²) in [5.74, 6) is -0.388. The van der Waals surface area contributed by atoms with Crippen molar-refractivity contribution in [2.75, 3.05) is 13.7 Å². The standard InChI is InChI=1S/C25H27FN2O3/c1-27-16-13-28-21-12-15(25(29)30)10-11-18(21)23(17-6-2-4-8-20(17)26)24(28)19-7-3-5-9-22(19)31-14-16/h3,5,7,9-12,16-17,20,27H,2,4,6,8,13-14H2,1H3,(H,29,30)/t16-,17+,20+/m1/s1. The molecule has 6 heteroatoms. The van der Waals surface area contributed by atoms with E-state index in [1.807, 2.05) is 37.4 Å². The lowest BCUT2D eigenvalue weighted by atomic mass is 9.80. The van der Waals surface area contributed by atoms with E-state index in [0.717, 1.165) is 52.7 Å². The van der Waals surface area contributed by atoms with E-state index in [9.17, 15) is 9.90 Å². The molecule has 1 saturated carbocycles. The highest BCUT2D eigenvalue weighted by atomic mass is 19.1. The fraction of sp³-hybridized carbons (Fsp3) is 0.400. The van der Waals surface area contributed by atoms with Gasteiger partial charge in [0.15, 0.2) is 0 Å².